The van der Waals surface area contributed by atoms with Gasteiger partial charge in [0.2, 0.25) is 0 Å². The maximum atomic E-state index is 3.92. The highest BCUT2D eigenvalue weighted by atomic mass is 32.1. The molecule has 3 rings (SSSR count). The van der Waals surface area contributed by atoms with Crippen molar-refractivity contribution in [2.75, 3.05) is 13.1 Å². The lowest BCUT2D eigenvalue weighted by Crippen LogP contribution is -2.62. The van der Waals surface area contributed by atoms with Gasteiger partial charge in [0.1, 0.15) is 0 Å². The Bertz CT molecular complexity index is 407. The van der Waals surface area contributed by atoms with Crippen molar-refractivity contribution < 1.29 is 0 Å². The summed E-state index contributed by atoms with van der Waals surface area (Å²) in [5.74, 6) is 0.783. The number of piperazine rings is 1. The topological polar surface area (TPSA) is 15.3 Å². The number of nitrogens with one attached hydrogen (secondary N) is 1. The molecule has 0 bridgehead atoms. The molecular formula is C17H28N2S. The molecular weight excluding hydrogens is 264 g/mol. The molecule has 1 saturated heterocycles. The van der Waals surface area contributed by atoms with Crippen LogP contribution in [0.25, 0.3) is 0 Å². The van der Waals surface area contributed by atoms with Gasteiger partial charge < -0.3 is 5.32 Å². The van der Waals surface area contributed by atoms with Crippen LogP contribution < -0.4 is 5.32 Å². The summed E-state index contributed by atoms with van der Waals surface area (Å²) in [5, 5.41) is 6.13. The van der Waals surface area contributed by atoms with E-state index in [0.29, 0.717) is 11.6 Å². The van der Waals surface area contributed by atoms with Crippen molar-refractivity contribution in [2.24, 2.45) is 5.92 Å². The van der Waals surface area contributed by atoms with Crippen LogP contribution in [0, 0.1) is 5.92 Å². The first kappa shape index (κ1) is 14.6. The first-order valence-electron chi connectivity index (χ1n) is 8.18. The van der Waals surface area contributed by atoms with Crippen LogP contribution >= 0.6 is 11.3 Å². The van der Waals surface area contributed by atoms with Crippen LogP contribution in [-0.4, -0.2) is 29.6 Å². The molecule has 1 atom stereocenters. The van der Waals surface area contributed by atoms with E-state index >= 15 is 0 Å². The third kappa shape index (κ3) is 3.26. The van der Waals surface area contributed by atoms with Gasteiger partial charge in [-0.15, -0.1) is 11.3 Å². The average molecular weight is 292 g/mol. The average Bonchev–Trinajstić information content (AvgIpc) is 3.05. The summed E-state index contributed by atoms with van der Waals surface area (Å²) < 4.78 is 0. The number of rotatable bonds is 4. The zero-order valence-corrected chi connectivity index (χ0v) is 13.7. The van der Waals surface area contributed by atoms with Gasteiger partial charge >= 0.3 is 0 Å². The van der Waals surface area contributed by atoms with Crippen molar-refractivity contribution >= 4 is 11.3 Å². The Morgan fingerprint density at radius 1 is 1.40 bits per heavy atom. The highest BCUT2D eigenvalue weighted by Crippen LogP contribution is 2.35. The predicted octanol–water partition coefficient (Wildman–Crippen LogP) is 3.88. The summed E-state index contributed by atoms with van der Waals surface area (Å²) in [5.41, 5.74) is 0.435. The van der Waals surface area contributed by atoms with Gasteiger partial charge in [0, 0.05) is 36.1 Å². The summed E-state index contributed by atoms with van der Waals surface area (Å²) in [6, 6.07) is 5.19. The molecule has 1 aromatic heterocycles. The van der Waals surface area contributed by atoms with Gasteiger partial charge in [-0.25, -0.2) is 0 Å². The molecule has 20 heavy (non-hydrogen) atoms. The van der Waals surface area contributed by atoms with E-state index in [4.69, 9.17) is 0 Å². The van der Waals surface area contributed by atoms with Crippen LogP contribution in [0.15, 0.2) is 17.5 Å². The second-order valence-electron chi connectivity index (χ2n) is 7.14. The SMILES string of the molecule is CC(C)CC1CNC2(CCCC2)CN1Cc1cccs1. The molecule has 0 radical (unpaired) electrons. The smallest absolute Gasteiger partial charge is 0.0332 e. The van der Waals surface area contributed by atoms with Crippen molar-refractivity contribution in [1.29, 1.82) is 0 Å². The van der Waals surface area contributed by atoms with Gasteiger partial charge in [0.25, 0.3) is 0 Å². The minimum absolute atomic E-state index is 0.435. The summed E-state index contributed by atoms with van der Waals surface area (Å²) in [4.78, 5) is 4.29. The van der Waals surface area contributed by atoms with Crippen LogP contribution in [-0.2, 0) is 6.54 Å². The molecule has 1 saturated carbocycles. The molecule has 1 spiro atoms. The van der Waals surface area contributed by atoms with Crippen LogP contribution in [0.4, 0.5) is 0 Å². The van der Waals surface area contributed by atoms with Crippen molar-refractivity contribution in [3.05, 3.63) is 22.4 Å². The van der Waals surface area contributed by atoms with Gasteiger partial charge in [-0.05, 0) is 36.6 Å². The van der Waals surface area contributed by atoms with E-state index in [9.17, 15) is 0 Å². The second kappa shape index (κ2) is 6.17. The molecule has 0 amide bonds. The van der Waals surface area contributed by atoms with E-state index in [0.717, 1.165) is 12.5 Å². The standard InChI is InChI=1S/C17H28N2S/c1-14(2)10-15-11-18-17(7-3-4-8-17)13-19(15)12-16-6-5-9-20-16/h5-6,9,14-15,18H,3-4,7-8,10-13H2,1-2H3. The first-order valence-corrected chi connectivity index (χ1v) is 9.06. The van der Waals surface area contributed by atoms with Crippen LogP contribution in [0.2, 0.25) is 0 Å². The maximum absolute atomic E-state index is 3.92. The predicted molar refractivity (Wildman–Crippen MR) is 87.2 cm³/mol. The normalized spacial score (nSPS) is 26.6. The Kier molecular flexibility index (Phi) is 4.49. The third-order valence-corrected chi connectivity index (χ3v) is 5.84. The molecule has 0 aromatic carbocycles. The monoisotopic (exact) mass is 292 g/mol. The highest BCUT2D eigenvalue weighted by Gasteiger charge is 2.40. The summed E-state index contributed by atoms with van der Waals surface area (Å²) in [6.07, 6.45) is 6.89. The van der Waals surface area contributed by atoms with E-state index in [-0.39, 0.29) is 0 Å². The fourth-order valence-corrected chi connectivity index (χ4v) is 4.72. The maximum Gasteiger partial charge on any atom is 0.0332 e. The van der Waals surface area contributed by atoms with Crippen LogP contribution in [0.1, 0.15) is 50.8 Å². The molecule has 2 heterocycles. The molecule has 1 N–H and O–H groups in total. The Labute approximate surface area is 127 Å². The van der Waals surface area contributed by atoms with Gasteiger partial charge in [-0.3, -0.25) is 4.90 Å². The van der Waals surface area contributed by atoms with E-state index in [2.05, 4.69) is 41.6 Å². The van der Waals surface area contributed by atoms with Crippen molar-refractivity contribution in [2.45, 2.75) is 64.1 Å². The Morgan fingerprint density at radius 3 is 2.85 bits per heavy atom. The molecule has 112 valence electrons. The van der Waals surface area contributed by atoms with Gasteiger partial charge in [-0.1, -0.05) is 32.8 Å². The highest BCUT2D eigenvalue weighted by molar-refractivity contribution is 7.09. The van der Waals surface area contributed by atoms with E-state index in [1.165, 1.54) is 50.1 Å². The quantitative estimate of drug-likeness (QED) is 0.906. The summed E-state index contributed by atoms with van der Waals surface area (Å²) >= 11 is 1.91. The van der Waals surface area contributed by atoms with Crippen LogP contribution in [0.5, 0.6) is 0 Å². The molecule has 1 unspecified atom stereocenters. The minimum Gasteiger partial charge on any atom is -0.308 e. The van der Waals surface area contributed by atoms with Crippen molar-refractivity contribution in [3.63, 3.8) is 0 Å². The zero-order chi connectivity index (χ0) is 14.0. The zero-order valence-electron chi connectivity index (χ0n) is 12.9. The van der Waals surface area contributed by atoms with Crippen LogP contribution in [0.3, 0.4) is 0 Å². The largest absolute Gasteiger partial charge is 0.308 e. The fraction of sp³-hybridized carbons (Fsp3) is 0.765. The van der Waals surface area contributed by atoms with Gasteiger partial charge in [0.15, 0.2) is 0 Å². The first-order chi connectivity index (χ1) is 9.67. The number of hydrogen-bond acceptors (Lipinski definition) is 3. The van der Waals surface area contributed by atoms with E-state index in [1.54, 1.807) is 0 Å². The lowest BCUT2D eigenvalue weighted by Gasteiger charge is -2.47. The lowest BCUT2D eigenvalue weighted by molar-refractivity contribution is 0.0638. The molecule has 1 aliphatic heterocycles. The minimum atomic E-state index is 0.435. The second-order valence-corrected chi connectivity index (χ2v) is 8.17. The number of nitrogens with zero attached hydrogens (tertiary/aromatic N) is 1. The fourth-order valence-electron chi connectivity index (χ4n) is 3.99. The molecule has 2 fully saturated rings. The van der Waals surface area contributed by atoms with Gasteiger partial charge in [0.05, 0.1) is 0 Å². The number of thiophene rings is 1. The van der Waals surface area contributed by atoms with Crippen molar-refractivity contribution in [1.82, 2.24) is 10.2 Å². The molecule has 1 aromatic rings. The lowest BCUT2D eigenvalue weighted by atomic mass is 9.90. The molecule has 3 heteroatoms. The summed E-state index contributed by atoms with van der Waals surface area (Å²) in [7, 11) is 0. The summed E-state index contributed by atoms with van der Waals surface area (Å²) in [6.45, 7) is 8.29. The Balaban J connectivity index is 1.71. The van der Waals surface area contributed by atoms with Crippen molar-refractivity contribution in [3.8, 4) is 0 Å². The number of hydrogen-bond donors (Lipinski definition) is 1. The van der Waals surface area contributed by atoms with E-state index in [1.807, 2.05) is 11.3 Å². The Hall–Kier alpha value is -0.380. The molecule has 2 aliphatic rings. The van der Waals surface area contributed by atoms with E-state index < -0.39 is 0 Å². The molecule has 2 nitrogen and oxygen atoms in total. The van der Waals surface area contributed by atoms with Gasteiger partial charge in [-0.2, -0.15) is 0 Å². The third-order valence-electron chi connectivity index (χ3n) is 4.98. The molecule has 1 aliphatic carbocycles. The Morgan fingerprint density at radius 2 is 2.20 bits per heavy atom.